The molecule has 4 rings (SSSR count). The molecule has 0 atom stereocenters. The summed E-state index contributed by atoms with van der Waals surface area (Å²) in [6.45, 7) is 3.16. The van der Waals surface area contributed by atoms with Crippen molar-refractivity contribution in [3.8, 4) is 0 Å². The van der Waals surface area contributed by atoms with Crippen LogP contribution in [0.4, 0.5) is 24.7 Å². The first-order valence-electron chi connectivity index (χ1n) is 9.60. The Bertz CT molecular complexity index is 1340. The number of rotatable bonds is 4. The van der Waals surface area contributed by atoms with Crippen LogP contribution in [0, 0.1) is 13.8 Å². The number of benzene rings is 2. The topological polar surface area (TPSA) is 70.7 Å². The van der Waals surface area contributed by atoms with E-state index in [-0.39, 0.29) is 25.2 Å². The largest absolute Gasteiger partial charge is 0.416 e. The molecule has 0 bridgehead atoms. The van der Waals surface area contributed by atoms with E-state index in [0.717, 1.165) is 22.4 Å². The van der Waals surface area contributed by atoms with Crippen molar-refractivity contribution in [2.24, 2.45) is 0 Å². The first kappa shape index (κ1) is 23.1. The zero-order valence-corrected chi connectivity index (χ0v) is 17.4. The van der Waals surface area contributed by atoms with Crippen LogP contribution in [0.5, 0.6) is 0 Å². The standard InChI is InChI=1S/C23H19F3N4O.B/c1-13-7-8-16(11-19(13)23(24,25)26)28-21-18-6-4-3-5-17(18)20(29-30-21)10-15-9-14(2)22(31)27-12-15;/h3-9,11-12H,10H2,1-2H3,(H,27,31)(H,28,30);. The van der Waals surface area contributed by atoms with Crippen molar-refractivity contribution in [1.29, 1.82) is 0 Å². The molecule has 5 nitrogen and oxygen atoms in total. The van der Waals surface area contributed by atoms with E-state index in [1.54, 1.807) is 25.3 Å². The highest BCUT2D eigenvalue weighted by Crippen LogP contribution is 2.34. The quantitative estimate of drug-likeness (QED) is 0.447. The average Bonchev–Trinajstić information content (AvgIpc) is 2.73. The number of H-pyrrole nitrogens is 1. The Kier molecular flexibility index (Phi) is 6.38. The molecule has 9 heteroatoms. The Balaban J connectivity index is 0.00000289. The fourth-order valence-electron chi connectivity index (χ4n) is 3.48. The first-order valence-corrected chi connectivity index (χ1v) is 9.60. The molecule has 0 amide bonds. The van der Waals surface area contributed by atoms with Crippen LogP contribution < -0.4 is 10.9 Å². The Morgan fingerprint density at radius 2 is 1.69 bits per heavy atom. The number of aromatic amines is 1. The molecule has 0 aliphatic rings. The highest BCUT2D eigenvalue weighted by atomic mass is 19.4. The molecule has 0 fully saturated rings. The van der Waals surface area contributed by atoms with Gasteiger partial charge in [-0.15, -0.1) is 5.10 Å². The molecule has 0 spiro atoms. The van der Waals surface area contributed by atoms with Gasteiger partial charge in [0.25, 0.3) is 5.56 Å². The summed E-state index contributed by atoms with van der Waals surface area (Å²) in [5, 5.41) is 13.1. The fourth-order valence-corrected chi connectivity index (χ4v) is 3.48. The lowest BCUT2D eigenvalue weighted by molar-refractivity contribution is -0.138. The summed E-state index contributed by atoms with van der Waals surface area (Å²) in [5.41, 5.74) is 1.78. The van der Waals surface area contributed by atoms with E-state index in [1.165, 1.54) is 13.0 Å². The summed E-state index contributed by atoms with van der Waals surface area (Å²) in [6.07, 6.45) is -2.34. The predicted octanol–water partition coefficient (Wildman–Crippen LogP) is 4.91. The second-order valence-electron chi connectivity index (χ2n) is 7.39. The lowest BCUT2D eigenvalue weighted by Crippen LogP contribution is -2.10. The van der Waals surface area contributed by atoms with E-state index in [2.05, 4.69) is 20.5 Å². The van der Waals surface area contributed by atoms with Crippen LogP contribution in [0.15, 0.2) is 59.5 Å². The number of nitrogens with zero attached hydrogens (tertiary/aromatic N) is 2. The lowest BCUT2D eigenvalue weighted by Gasteiger charge is -2.14. The summed E-state index contributed by atoms with van der Waals surface area (Å²) in [4.78, 5) is 14.3. The minimum absolute atomic E-state index is 0. The second kappa shape index (κ2) is 8.86. The van der Waals surface area contributed by atoms with E-state index >= 15 is 0 Å². The SMILES string of the molecule is Cc1ccc(Nc2nnc(Cc3c[nH]c(=O)c(C)c3)c3ccccc23)cc1C(F)(F)F.[B]. The summed E-state index contributed by atoms with van der Waals surface area (Å²) >= 11 is 0. The molecule has 0 aliphatic carbocycles. The minimum Gasteiger partial charge on any atom is -0.338 e. The molecule has 0 saturated carbocycles. The minimum atomic E-state index is -4.44. The maximum absolute atomic E-state index is 13.3. The van der Waals surface area contributed by atoms with Gasteiger partial charge >= 0.3 is 6.18 Å². The van der Waals surface area contributed by atoms with E-state index in [4.69, 9.17) is 0 Å². The van der Waals surface area contributed by atoms with Crippen LogP contribution in [0.25, 0.3) is 10.8 Å². The number of hydrogen-bond donors (Lipinski definition) is 2. The van der Waals surface area contributed by atoms with Crippen molar-refractivity contribution >= 4 is 30.7 Å². The summed E-state index contributed by atoms with van der Waals surface area (Å²) in [5.74, 6) is 0.369. The van der Waals surface area contributed by atoms with Crippen LogP contribution in [0.2, 0.25) is 0 Å². The highest BCUT2D eigenvalue weighted by Gasteiger charge is 2.32. The van der Waals surface area contributed by atoms with Crippen molar-refractivity contribution in [1.82, 2.24) is 15.2 Å². The van der Waals surface area contributed by atoms with Gasteiger partial charge in [-0.1, -0.05) is 30.3 Å². The Morgan fingerprint density at radius 1 is 0.969 bits per heavy atom. The van der Waals surface area contributed by atoms with Gasteiger partial charge in [0, 0.05) is 43.1 Å². The second-order valence-corrected chi connectivity index (χ2v) is 7.39. The van der Waals surface area contributed by atoms with Gasteiger partial charge in [0.2, 0.25) is 0 Å². The van der Waals surface area contributed by atoms with Crippen molar-refractivity contribution < 1.29 is 13.2 Å². The Morgan fingerprint density at radius 3 is 2.38 bits per heavy atom. The van der Waals surface area contributed by atoms with Crippen LogP contribution in [-0.2, 0) is 12.6 Å². The maximum Gasteiger partial charge on any atom is 0.416 e. The van der Waals surface area contributed by atoms with Gasteiger partial charge in [-0.05, 0) is 43.2 Å². The number of nitrogens with one attached hydrogen (secondary N) is 2. The molecule has 2 N–H and O–H groups in total. The van der Waals surface area contributed by atoms with Crippen molar-refractivity contribution in [2.75, 3.05) is 5.32 Å². The summed E-state index contributed by atoms with van der Waals surface area (Å²) in [6, 6.07) is 13.3. The number of aryl methyl sites for hydroxylation is 2. The van der Waals surface area contributed by atoms with Crippen molar-refractivity contribution in [3.63, 3.8) is 0 Å². The molecule has 3 radical (unpaired) electrons. The van der Waals surface area contributed by atoms with Gasteiger partial charge in [0.1, 0.15) is 0 Å². The molecule has 2 aromatic carbocycles. The van der Waals surface area contributed by atoms with E-state index in [9.17, 15) is 18.0 Å². The molecule has 161 valence electrons. The fraction of sp³-hybridized carbons (Fsp3) is 0.174. The monoisotopic (exact) mass is 435 g/mol. The normalized spacial score (nSPS) is 11.3. The third kappa shape index (κ3) is 4.66. The summed E-state index contributed by atoms with van der Waals surface area (Å²) in [7, 11) is 0. The average molecular weight is 435 g/mol. The van der Waals surface area contributed by atoms with Crippen molar-refractivity contribution in [2.45, 2.75) is 26.4 Å². The number of halogens is 3. The van der Waals surface area contributed by atoms with Crippen molar-refractivity contribution in [3.05, 3.63) is 93.0 Å². The van der Waals surface area contributed by atoms with E-state index in [1.807, 2.05) is 24.3 Å². The third-order valence-electron chi connectivity index (χ3n) is 5.09. The van der Waals surface area contributed by atoms with Gasteiger partial charge in [0.05, 0.1) is 11.3 Å². The van der Waals surface area contributed by atoms with Gasteiger partial charge in [-0.3, -0.25) is 4.79 Å². The molecule has 4 aromatic rings. The summed E-state index contributed by atoms with van der Waals surface area (Å²) < 4.78 is 39.8. The number of aromatic nitrogens is 3. The van der Waals surface area contributed by atoms with Gasteiger partial charge in [0.15, 0.2) is 5.82 Å². The number of hydrogen-bond acceptors (Lipinski definition) is 4. The van der Waals surface area contributed by atoms with E-state index < -0.39 is 11.7 Å². The first-order chi connectivity index (χ1) is 14.7. The van der Waals surface area contributed by atoms with E-state index in [0.29, 0.717) is 23.5 Å². The molecule has 2 aromatic heterocycles. The molecular formula is C23H19BF3N4O. The van der Waals surface area contributed by atoms with Crippen LogP contribution >= 0.6 is 0 Å². The lowest BCUT2D eigenvalue weighted by atomic mass is 10.0. The predicted molar refractivity (Wildman–Crippen MR) is 119 cm³/mol. The molecular weight excluding hydrogens is 416 g/mol. The Labute approximate surface area is 184 Å². The van der Waals surface area contributed by atoms with Crippen LogP contribution in [0.3, 0.4) is 0 Å². The number of fused-ring (bicyclic) bond motifs is 1. The van der Waals surface area contributed by atoms with Gasteiger partial charge in [-0.2, -0.15) is 18.3 Å². The number of anilines is 2. The zero-order valence-electron chi connectivity index (χ0n) is 17.4. The Hall–Kier alpha value is -3.62. The molecule has 0 aliphatic heterocycles. The zero-order chi connectivity index (χ0) is 22.2. The van der Waals surface area contributed by atoms with Gasteiger partial charge < -0.3 is 10.3 Å². The number of pyridine rings is 1. The molecule has 0 unspecified atom stereocenters. The van der Waals surface area contributed by atoms with Crippen LogP contribution in [0.1, 0.15) is 27.9 Å². The smallest absolute Gasteiger partial charge is 0.338 e. The van der Waals surface area contributed by atoms with Crippen LogP contribution in [-0.4, -0.2) is 23.6 Å². The molecule has 32 heavy (non-hydrogen) atoms. The molecule has 0 saturated heterocycles. The third-order valence-corrected chi connectivity index (χ3v) is 5.09. The molecule has 2 heterocycles. The van der Waals surface area contributed by atoms with Gasteiger partial charge in [-0.25, -0.2) is 0 Å². The highest BCUT2D eigenvalue weighted by molar-refractivity contribution is 5.94. The maximum atomic E-state index is 13.3. The number of alkyl halides is 3.